The fraction of sp³-hybridized carbons (Fsp3) is 0.533. The number of methoxy groups -OCH3 is 1. The summed E-state index contributed by atoms with van der Waals surface area (Å²) in [6, 6.07) is 5.17. The first kappa shape index (κ1) is 14.7. The summed E-state index contributed by atoms with van der Waals surface area (Å²) in [5, 5.41) is 12.4. The lowest BCUT2D eigenvalue weighted by Gasteiger charge is -2.13. The molecule has 1 amide bonds. The molecule has 0 unspecified atom stereocenters. The fourth-order valence-corrected chi connectivity index (χ4v) is 1.84. The van der Waals surface area contributed by atoms with Crippen molar-refractivity contribution in [3.8, 4) is 11.5 Å². The number of aliphatic hydroxyl groups excluding tert-OH is 1. The second-order valence-electron chi connectivity index (χ2n) is 5.12. The number of carbonyl (C=O) groups excluding carboxylic acids is 1. The van der Waals surface area contributed by atoms with Gasteiger partial charge in [-0.1, -0.05) is 6.07 Å². The van der Waals surface area contributed by atoms with E-state index in [-0.39, 0.29) is 12.5 Å². The second-order valence-corrected chi connectivity index (χ2v) is 5.12. The van der Waals surface area contributed by atoms with Gasteiger partial charge in [-0.2, -0.15) is 0 Å². The van der Waals surface area contributed by atoms with Crippen LogP contribution in [0.25, 0.3) is 0 Å². The molecule has 2 rings (SSSR count). The third kappa shape index (κ3) is 4.13. The first-order valence-electron chi connectivity index (χ1n) is 6.85. The minimum absolute atomic E-state index is 0.0306. The molecule has 20 heavy (non-hydrogen) atoms. The Morgan fingerprint density at radius 3 is 2.80 bits per heavy atom. The van der Waals surface area contributed by atoms with E-state index in [1.54, 1.807) is 25.1 Å². The zero-order valence-electron chi connectivity index (χ0n) is 11.9. The van der Waals surface area contributed by atoms with E-state index in [0.717, 1.165) is 12.1 Å². The quantitative estimate of drug-likeness (QED) is 0.796. The summed E-state index contributed by atoms with van der Waals surface area (Å²) in [7, 11) is 1.53. The molecule has 1 aromatic rings. The van der Waals surface area contributed by atoms with Gasteiger partial charge in [0.25, 0.3) is 5.91 Å². The summed E-state index contributed by atoms with van der Waals surface area (Å²) in [6.45, 7) is 2.39. The second kappa shape index (κ2) is 6.61. The summed E-state index contributed by atoms with van der Waals surface area (Å²) < 4.78 is 10.7. The standard InChI is InChI=1S/C15H21NO4/c1-10(17)12-5-6-13(14(7-12)19-2)20-9-15(18)16-8-11-3-4-11/h5-7,10-11,17H,3-4,8-9H2,1-2H3,(H,16,18)/t10-/m1/s1. The van der Waals surface area contributed by atoms with Gasteiger partial charge in [0, 0.05) is 6.54 Å². The first-order valence-corrected chi connectivity index (χ1v) is 6.85. The number of amides is 1. The molecule has 5 heteroatoms. The molecular formula is C15H21NO4. The van der Waals surface area contributed by atoms with Crippen LogP contribution in [0.3, 0.4) is 0 Å². The Kier molecular flexibility index (Phi) is 4.84. The summed E-state index contributed by atoms with van der Waals surface area (Å²) in [5.41, 5.74) is 0.743. The molecule has 5 nitrogen and oxygen atoms in total. The lowest BCUT2D eigenvalue weighted by atomic mass is 10.1. The summed E-state index contributed by atoms with van der Waals surface area (Å²) in [6.07, 6.45) is 1.84. The van der Waals surface area contributed by atoms with E-state index in [1.165, 1.54) is 20.0 Å². The van der Waals surface area contributed by atoms with Crippen LogP contribution in [0.5, 0.6) is 11.5 Å². The predicted octanol–water partition coefficient (Wildman–Crippen LogP) is 1.65. The van der Waals surface area contributed by atoms with Crippen LogP contribution in [0.4, 0.5) is 0 Å². The van der Waals surface area contributed by atoms with E-state index >= 15 is 0 Å². The maximum absolute atomic E-state index is 11.6. The monoisotopic (exact) mass is 279 g/mol. The molecule has 110 valence electrons. The molecular weight excluding hydrogens is 258 g/mol. The predicted molar refractivity (Wildman–Crippen MR) is 74.9 cm³/mol. The van der Waals surface area contributed by atoms with Crippen LogP contribution in [0.2, 0.25) is 0 Å². The Bertz CT molecular complexity index is 469. The van der Waals surface area contributed by atoms with Crippen molar-refractivity contribution in [1.82, 2.24) is 5.32 Å². The summed E-state index contributed by atoms with van der Waals surface area (Å²) >= 11 is 0. The number of hydrogen-bond acceptors (Lipinski definition) is 4. The van der Waals surface area contributed by atoms with Gasteiger partial charge in [0.1, 0.15) is 0 Å². The Morgan fingerprint density at radius 1 is 1.45 bits per heavy atom. The molecule has 1 aliphatic carbocycles. The summed E-state index contributed by atoms with van der Waals surface area (Å²) in [5.74, 6) is 1.54. The molecule has 0 saturated heterocycles. The maximum atomic E-state index is 11.6. The van der Waals surface area contributed by atoms with Crippen molar-refractivity contribution in [2.75, 3.05) is 20.3 Å². The van der Waals surface area contributed by atoms with Crippen molar-refractivity contribution in [1.29, 1.82) is 0 Å². The van der Waals surface area contributed by atoms with Crippen LogP contribution >= 0.6 is 0 Å². The topological polar surface area (TPSA) is 67.8 Å². The smallest absolute Gasteiger partial charge is 0.257 e. The molecule has 1 fully saturated rings. The van der Waals surface area contributed by atoms with Crippen LogP contribution in [0, 0.1) is 5.92 Å². The van der Waals surface area contributed by atoms with Crippen molar-refractivity contribution in [2.24, 2.45) is 5.92 Å². The largest absolute Gasteiger partial charge is 0.493 e. The minimum Gasteiger partial charge on any atom is -0.493 e. The van der Waals surface area contributed by atoms with Crippen LogP contribution in [-0.2, 0) is 4.79 Å². The minimum atomic E-state index is -0.570. The number of carbonyl (C=O) groups is 1. The van der Waals surface area contributed by atoms with Gasteiger partial charge in [0.2, 0.25) is 0 Å². The van der Waals surface area contributed by atoms with E-state index in [9.17, 15) is 9.90 Å². The van der Waals surface area contributed by atoms with E-state index in [0.29, 0.717) is 17.4 Å². The Morgan fingerprint density at radius 2 is 2.20 bits per heavy atom. The lowest BCUT2D eigenvalue weighted by Crippen LogP contribution is -2.30. The number of benzene rings is 1. The normalized spacial score (nSPS) is 15.6. The van der Waals surface area contributed by atoms with Gasteiger partial charge < -0.3 is 19.9 Å². The highest BCUT2D eigenvalue weighted by Gasteiger charge is 2.21. The zero-order chi connectivity index (χ0) is 14.5. The Labute approximate surface area is 118 Å². The molecule has 0 aliphatic heterocycles. The van der Waals surface area contributed by atoms with Crippen molar-refractivity contribution in [3.63, 3.8) is 0 Å². The van der Waals surface area contributed by atoms with Gasteiger partial charge in [-0.3, -0.25) is 4.79 Å². The number of rotatable bonds is 7. The Hall–Kier alpha value is -1.75. The zero-order valence-corrected chi connectivity index (χ0v) is 11.9. The number of nitrogens with one attached hydrogen (secondary N) is 1. The highest BCUT2D eigenvalue weighted by molar-refractivity contribution is 5.77. The molecule has 2 N–H and O–H groups in total. The van der Waals surface area contributed by atoms with Crippen LogP contribution in [-0.4, -0.2) is 31.3 Å². The lowest BCUT2D eigenvalue weighted by molar-refractivity contribution is -0.123. The molecule has 1 atom stereocenters. The van der Waals surface area contributed by atoms with Crippen molar-refractivity contribution in [3.05, 3.63) is 23.8 Å². The Balaban J connectivity index is 1.88. The molecule has 0 aromatic heterocycles. The van der Waals surface area contributed by atoms with Gasteiger partial charge in [0.15, 0.2) is 18.1 Å². The SMILES string of the molecule is COc1cc([C@@H](C)O)ccc1OCC(=O)NCC1CC1. The maximum Gasteiger partial charge on any atom is 0.257 e. The van der Waals surface area contributed by atoms with Crippen molar-refractivity contribution < 1.29 is 19.4 Å². The van der Waals surface area contributed by atoms with Gasteiger partial charge in [-0.05, 0) is 43.4 Å². The van der Waals surface area contributed by atoms with Crippen LogP contribution in [0.1, 0.15) is 31.4 Å². The molecule has 1 aromatic carbocycles. The first-order chi connectivity index (χ1) is 9.60. The van der Waals surface area contributed by atoms with E-state index < -0.39 is 6.10 Å². The van der Waals surface area contributed by atoms with Gasteiger partial charge >= 0.3 is 0 Å². The number of aliphatic hydroxyl groups is 1. The highest BCUT2D eigenvalue weighted by atomic mass is 16.5. The van der Waals surface area contributed by atoms with Gasteiger partial charge in [0.05, 0.1) is 13.2 Å². The van der Waals surface area contributed by atoms with Crippen LogP contribution < -0.4 is 14.8 Å². The van der Waals surface area contributed by atoms with Crippen LogP contribution in [0.15, 0.2) is 18.2 Å². The van der Waals surface area contributed by atoms with Gasteiger partial charge in [-0.15, -0.1) is 0 Å². The average Bonchev–Trinajstić information content (AvgIpc) is 3.26. The molecule has 0 spiro atoms. The third-order valence-corrected chi connectivity index (χ3v) is 3.31. The van der Waals surface area contributed by atoms with Crippen molar-refractivity contribution >= 4 is 5.91 Å². The average molecular weight is 279 g/mol. The van der Waals surface area contributed by atoms with Crippen molar-refractivity contribution in [2.45, 2.75) is 25.9 Å². The highest BCUT2D eigenvalue weighted by Crippen LogP contribution is 2.30. The van der Waals surface area contributed by atoms with E-state index in [2.05, 4.69) is 5.32 Å². The molecule has 1 saturated carbocycles. The number of ether oxygens (including phenoxy) is 2. The summed E-state index contributed by atoms with van der Waals surface area (Å²) in [4.78, 5) is 11.6. The molecule has 0 heterocycles. The molecule has 0 radical (unpaired) electrons. The van der Waals surface area contributed by atoms with E-state index in [4.69, 9.17) is 9.47 Å². The molecule has 0 bridgehead atoms. The van der Waals surface area contributed by atoms with E-state index in [1.807, 2.05) is 0 Å². The molecule has 1 aliphatic rings. The number of hydrogen-bond donors (Lipinski definition) is 2. The fourth-order valence-electron chi connectivity index (χ4n) is 1.84. The third-order valence-electron chi connectivity index (χ3n) is 3.31. The van der Waals surface area contributed by atoms with Gasteiger partial charge in [-0.25, -0.2) is 0 Å².